The molecule has 3 heteroatoms. The molecule has 9 heavy (non-hydrogen) atoms. The number of nitrogens with two attached hydrogens (primary N) is 1. The molecule has 0 atom stereocenters. The molecule has 4 radical (unpaired) electrons. The van der Waals surface area contributed by atoms with Gasteiger partial charge in [-0.05, 0) is 0 Å². The van der Waals surface area contributed by atoms with Crippen molar-refractivity contribution in [1.29, 1.82) is 0 Å². The van der Waals surface area contributed by atoms with Crippen LogP contribution in [0, 0.1) is 0 Å². The van der Waals surface area contributed by atoms with Crippen LogP contribution in [-0.4, -0.2) is 18.2 Å². The van der Waals surface area contributed by atoms with Crippen LogP contribution >= 0.6 is 0 Å². The van der Waals surface area contributed by atoms with Gasteiger partial charge in [0.25, 0.3) is 0 Å². The molecule has 0 heterocycles. The van der Waals surface area contributed by atoms with E-state index in [0.717, 1.165) is 14.6 Å². The van der Waals surface area contributed by atoms with Gasteiger partial charge in [0.15, 0.2) is 0 Å². The summed E-state index contributed by atoms with van der Waals surface area (Å²) in [6, 6.07) is 0. The van der Waals surface area contributed by atoms with Gasteiger partial charge in [-0.3, -0.25) is 0 Å². The average Bonchev–Trinajstić information content (AvgIpc) is 1.91. The van der Waals surface area contributed by atoms with E-state index in [4.69, 9.17) is 5.40 Å². The summed E-state index contributed by atoms with van der Waals surface area (Å²) in [5.74, 6) is 0. The molecule has 1 saturated carbocycles. The average molecular weight is 155 g/mol. The van der Waals surface area contributed by atoms with Crippen LogP contribution in [0.5, 0.6) is 0 Å². The van der Waals surface area contributed by atoms with E-state index in [1.54, 1.807) is 0 Å². The third kappa shape index (κ3) is 2.64. The van der Waals surface area contributed by atoms with Gasteiger partial charge in [0.05, 0.1) is 0 Å². The van der Waals surface area contributed by atoms with Crippen LogP contribution < -0.4 is 5.40 Å². The summed E-state index contributed by atoms with van der Waals surface area (Å²) >= 11 is 0. The van der Waals surface area contributed by atoms with Crippen molar-refractivity contribution in [3.05, 3.63) is 0 Å². The van der Waals surface area contributed by atoms with E-state index in [-0.39, 0.29) is 0 Å². The predicted octanol–water partition coefficient (Wildman–Crippen LogP) is 0.936. The van der Waals surface area contributed by atoms with Gasteiger partial charge < -0.3 is 5.40 Å². The standard InChI is InChI=1S/C6H13NSi2/c7-9-8-6-4-2-1-3-5-6/h6H,1-5,7H2. The Bertz CT molecular complexity index is 68.7. The van der Waals surface area contributed by atoms with Gasteiger partial charge in [0.1, 0.15) is 9.20 Å². The maximum absolute atomic E-state index is 5.50. The van der Waals surface area contributed by atoms with Crippen molar-refractivity contribution in [2.75, 3.05) is 0 Å². The molecular weight excluding hydrogens is 142 g/mol. The lowest BCUT2D eigenvalue weighted by atomic mass is 10.0. The molecule has 0 aromatic heterocycles. The van der Waals surface area contributed by atoms with E-state index in [1.165, 1.54) is 32.1 Å². The van der Waals surface area contributed by atoms with Crippen molar-refractivity contribution in [2.45, 2.75) is 37.6 Å². The van der Waals surface area contributed by atoms with Crippen molar-refractivity contribution in [3.8, 4) is 0 Å². The SMILES string of the molecule is N[Si][Si]C1CCCCC1. The molecular formula is C6H13NSi2. The molecule has 0 unspecified atom stereocenters. The largest absolute Gasteiger partial charge is 0.355 e. The molecule has 1 fully saturated rings. The van der Waals surface area contributed by atoms with E-state index in [1.807, 2.05) is 0 Å². The third-order valence-corrected chi connectivity index (χ3v) is 4.77. The van der Waals surface area contributed by atoms with Crippen LogP contribution in [0.2, 0.25) is 5.54 Å². The Morgan fingerprint density at radius 3 is 2.33 bits per heavy atom. The van der Waals surface area contributed by atoms with E-state index < -0.39 is 0 Å². The van der Waals surface area contributed by atoms with Crippen LogP contribution in [0.4, 0.5) is 0 Å². The summed E-state index contributed by atoms with van der Waals surface area (Å²) < 4.78 is 0. The summed E-state index contributed by atoms with van der Waals surface area (Å²) in [5, 5.41) is 5.50. The van der Waals surface area contributed by atoms with Gasteiger partial charge in [-0.1, -0.05) is 37.6 Å². The minimum absolute atomic E-state index is 0.716. The van der Waals surface area contributed by atoms with Crippen molar-refractivity contribution >= 4 is 18.2 Å². The molecule has 0 aromatic carbocycles. The highest BCUT2D eigenvalue weighted by atomic mass is 29.1. The van der Waals surface area contributed by atoms with Gasteiger partial charge in [-0.15, -0.1) is 0 Å². The van der Waals surface area contributed by atoms with Crippen LogP contribution in [-0.2, 0) is 0 Å². The monoisotopic (exact) mass is 155 g/mol. The van der Waals surface area contributed by atoms with E-state index in [0.29, 0.717) is 9.20 Å². The first kappa shape index (κ1) is 7.50. The highest BCUT2D eigenvalue weighted by Gasteiger charge is 2.12. The van der Waals surface area contributed by atoms with Gasteiger partial charge in [-0.25, -0.2) is 0 Å². The van der Waals surface area contributed by atoms with Crippen molar-refractivity contribution < 1.29 is 0 Å². The topological polar surface area (TPSA) is 26.0 Å². The fraction of sp³-hybridized carbons (Fsp3) is 1.00. The Balaban J connectivity index is 2.08. The van der Waals surface area contributed by atoms with Crippen LogP contribution in [0.25, 0.3) is 0 Å². The van der Waals surface area contributed by atoms with Crippen LogP contribution in [0.3, 0.4) is 0 Å². The molecule has 2 N–H and O–H groups in total. The van der Waals surface area contributed by atoms with Crippen molar-refractivity contribution in [3.63, 3.8) is 0 Å². The Labute approximate surface area is 61.9 Å². The van der Waals surface area contributed by atoms with E-state index >= 15 is 0 Å². The molecule has 0 saturated heterocycles. The van der Waals surface area contributed by atoms with Crippen molar-refractivity contribution in [2.24, 2.45) is 5.40 Å². The van der Waals surface area contributed by atoms with Gasteiger partial charge >= 0.3 is 0 Å². The molecule has 1 aliphatic carbocycles. The minimum Gasteiger partial charge on any atom is -0.355 e. The predicted molar refractivity (Wildman–Crippen MR) is 42.5 cm³/mol. The molecule has 1 rings (SSSR count). The summed E-state index contributed by atoms with van der Waals surface area (Å²) in [4.78, 5) is 0. The smallest absolute Gasteiger partial charge is 0.115 e. The lowest BCUT2D eigenvalue weighted by molar-refractivity contribution is 0.503. The zero-order valence-corrected chi connectivity index (χ0v) is 7.69. The van der Waals surface area contributed by atoms with Gasteiger partial charge in [0, 0.05) is 9.04 Å². The lowest BCUT2D eigenvalue weighted by Crippen LogP contribution is -2.21. The fourth-order valence-corrected chi connectivity index (χ4v) is 3.87. The van der Waals surface area contributed by atoms with Gasteiger partial charge in [0.2, 0.25) is 0 Å². The molecule has 1 aliphatic rings. The maximum atomic E-state index is 5.50. The summed E-state index contributed by atoms with van der Waals surface area (Å²) in [6.07, 6.45) is 7.31. The fourth-order valence-electron chi connectivity index (χ4n) is 1.36. The third-order valence-electron chi connectivity index (χ3n) is 1.89. The van der Waals surface area contributed by atoms with Crippen LogP contribution in [0.1, 0.15) is 32.1 Å². The van der Waals surface area contributed by atoms with Crippen LogP contribution in [0.15, 0.2) is 0 Å². The first-order valence-corrected chi connectivity index (χ1v) is 6.80. The van der Waals surface area contributed by atoms with Crippen molar-refractivity contribution in [1.82, 2.24) is 0 Å². The summed E-state index contributed by atoms with van der Waals surface area (Å²) in [7, 11) is 1.79. The zero-order chi connectivity index (χ0) is 6.53. The first-order valence-electron chi connectivity index (χ1n) is 3.64. The number of hydrogen-bond donors (Lipinski definition) is 1. The zero-order valence-electron chi connectivity index (χ0n) is 5.69. The second kappa shape index (κ2) is 4.25. The van der Waals surface area contributed by atoms with E-state index in [2.05, 4.69) is 0 Å². The Morgan fingerprint density at radius 2 is 1.78 bits per heavy atom. The normalized spacial score (nSPS) is 22.3. The highest BCUT2D eigenvalue weighted by molar-refractivity contribution is 6.99. The highest BCUT2D eigenvalue weighted by Crippen LogP contribution is 2.26. The maximum Gasteiger partial charge on any atom is 0.115 e. The minimum atomic E-state index is 0.716. The number of rotatable bonds is 2. The molecule has 0 aromatic rings. The van der Waals surface area contributed by atoms with Gasteiger partial charge in [-0.2, -0.15) is 0 Å². The number of hydrogen-bond acceptors (Lipinski definition) is 1. The molecule has 0 bridgehead atoms. The summed E-state index contributed by atoms with van der Waals surface area (Å²) in [5.41, 5.74) is 1.02. The Kier molecular flexibility index (Phi) is 3.54. The molecule has 1 nitrogen and oxygen atoms in total. The molecule has 0 aliphatic heterocycles. The molecule has 50 valence electrons. The lowest BCUT2D eigenvalue weighted by Gasteiger charge is -2.19. The first-order chi connectivity index (χ1) is 4.43. The second-order valence-electron chi connectivity index (χ2n) is 2.62. The molecule has 0 spiro atoms. The Morgan fingerprint density at radius 1 is 1.11 bits per heavy atom. The Hall–Kier alpha value is 0.394. The second-order valence-corrected chi connectivity index (χ2v) is 5.75. The molecule has 0 amide bonds. The summed E-state index contributed by atoms with van der Waals surface area (Å²) in [6.45, 7) is 0. The quantitative estimate of drug-likeness (QED) is 0.590. The van der Waals surface area contributed by atoms with E-state index in [9.17, 15) is 0 Å².